The second-order valence-electron chi connectivity index (χ2n) is 4.74. The number of hydrogen-bond donors (Lipinski definition) is 1. The van der Waals surface area contributed by atoms with Gasteiger partial charge in [0.2, 0.25) is 0 Å². The van der Waals surface area contributed by atoms with Crippen molar-refractivity contribution in [1.29, 1.82) is 0 Å². The molecule has 1 heterocycles. The molecule has 2 aliphatic rings. The van der Waals surface area contributed by atoms with Gasteiger partial charge in [-0.1, -0.05) is 0 Å². The first kappa shape index (κ1) is 13.2. The maximum Gasteiger partial charge on any atom is 0.107 e. The van der Waals surface area contributed by atoms with E-state index >= 15 is 0 Å². The molecule has 0 spiro atoms. The molecule has 0 aromatic rings. The van der Waals surface area contributed by atoms with E-state index in [1.165, 1.54) is 18.4 Å². The molecule has 96 valence electrons. The molecule has 2 rings (SSSR count). The average Bonchev–Trinajstić information content (AvgIpc) is 3.05. The van der Waals surface area contributed by atoms with Crippen LogP contribution in [0.15, 0.2) is 16.0 Å². The number of thioether (sulfide) groups is 1. The van der Waals surface area contributed by atoms with E-state index < -0.39 is 0 Å². The molecule has 0 bridgehead atoms. The topological polar surface area (TPSA) is 41.6 Å². The number of nitrogens with zero attached hydrogens (tertiary/aromatic N) is 2. The molecule has 2 atom stereocenters. The number of halogens is 1. The van der Waals surface area contributed by atoms with E-state index in [1.807, 2.05) is 6.34 Å². The van der Waals surface area contributed by atoms with Gasteiger partial charge in [0.25, 0.3) is 0 Å². The largest absolute Gasteiger partial charge is 0.354 e. The van der Waals surface area contributed by atoms with Gasteiger partial charge in [0.05, 0.1) is 18.9 Å². The number of nitrogens with two attached hydrogens (primary N) is 1. The molecule has 17 heavy (non-hydrogen) atoms. The third-order valence-electron chi connectivity index (χ3n) is 3.11. The van der Waals surface area contributed by atoms with Crippen molar-refractivity contribution in [3.8, 4) is 0 Å². The maximum absolute atomic E-state index is 6.37. The van der Waals surface area contributed by atoms with Gasteiger partial charge >= 0.3 is 0 Å². The zero-order valence-corrected chi connectivity index (χ0v) is 11.8. The zero-order chi connectivity index (χ0) is 12.3. The summed E-state index contributed by atoms with van der Waals surface area (Å²) in [5.41, 5.74) is 6.81. The summed E-state index contributed by atoms with van der Waals surface area (Å²) in [4.78, 5) is 6.67. The Balaban J connectivity index is 2.00. The smallest absolute Gasteiger partial charge is 0.107 e. The van der Waals surface area contributed by atoms with Crippen LogP contribution in [0.2, 0.25) is 0 Å². The van der Waals surface area contributed by atoms with Crippen LogP contribution in [-0.2, 0) is 0 Å². The van der Waals surface area contributed by atoms with Crippen LogP contribution in [0.5, 0.6) is 0 Å². The van der Waals surface area contributed by atoms with E-state index in [4.69, 9.17) is 17.3 Å². The van der Waals surface area contributed by atoms with Gasteiger partial charge in [0.15, 0.2) is 0 Å². The maximum atomic E-state index is 6.37. The molecule has 2 unspecified atom stereocenters. The van der Waals surface area contributed by atoms with Crippen molar-refractivity contribution < 1.29 is 0 Å². The summed E-state index contributed by atoms with van der Waals surface area (Å²) < 4.78 is 0.109. The molecular formula is C12H20ClN3S. The molecule has 2 N–H and O–H groups in total. The van der Waals surface area contributed by atoms with Crippen LogP contribution in [0, 0.1) is 5.92 Å². The number of rotatable bonds is 6. The van der Waals surface area contributed by atoms with Crippen LogP contribution in [0.4, 0.5) is 0 Å². The van der Waals surface area contributed by atoms with Crippen molar-refractivity contribution in [1.82, 2.24) is 4.90 Å². The average molecular weight is 274 g/mol. The Labute approximate surface area is 112 Å². The van der Waals surface area contributed by atoms with Crippen LogP contribution >= 0.6 is 23.4 Å². The van der Waals surface area contributed by atoms with Crippen LogP contribution in [-0.4, -0.2) is 41.6 Å². The molecule has 1 aliphatic carbocycles. The summed E-state index contributed by atoms with van der Waals surface area (Å²) in [6.45, 7) is 4.52. The van der Waals surface area contributed by atoms with Crippen molar-refractivity contribution in [2.45, 2.75) is 30.5 Å². The van der Waals surface area contributed by atoms with Crippen molar-refractivity contribution in [3.63, 3.8) is 0 Å². The van der Waals surface area contributed by atoms with E-state index in [2.05, 4.69) is 22.2 Å². The number of alkyl halides is 1. The van der Waals surface area contributed by atoms with Crippen molar-refractivity contribution in [2.24, 2.45) is 16.6 Å². The van der Waals surface area contributed by atoms with Crippen molar-refractivity contribution >= 4 is 29.7 Å². The first-order valence-electron chi connectivity index (χ1n) is 6.14. The third kappa shape index (κ3) is 3.63. The van der Waals surface area contributed by atoms with E-state index in [-0.39, 0.29) is 4.71 Å². The molecule has 5 heteroatoms. The normalized spacial score (nSPS) is 28.8. The highest BCUT2D eigenvalue weighted by atomic mass is 35.5. The minimum absolute atomic E-state index is 0.109. The molecule has 3 nitrogen and oxygen atoms in total. The third-order valence-corrected chi connectivity index (χ3v) is 4.68. The van der Waals surface area contributed by atoms with Gasteiger partial charge in [-0.05, 0) is 36.7 Å². The summed E-state index contributed by atoms with van der Waals surface area (Å²) in [5, 5.41) is 2.17. The van der Waals surface area contributed by atoms with Gasteiger partial charge in [-0.3, -0.25) is 4.99 Å². The lowest BCUT2D eigenvalue weighted by Crippen LogP contribution is -2.40. The second-order valence-corrected chi connectivity index (χ2v) is 6.49. The highest BCUT2D eigenvalue weighted by molar-refractivity contribution is 8.04. The Hall–Kier alpha value is -0.190. The van der Waals surface area contributed by atoms with Gasteiger partial charge in [-0.2, -0.15) is 0 Å². The molecule has 0 aromatic heterocycles. The molecule has 1 aliphatic heterocycles. The summed E-state index contributed by atoms with van der Waals surface area (Å²) in [6, 6.07) is 0.295. The Kier molecular flexibility index (Phi) is 4.77. The Morgan fingerprint density at radius 2 is 2.41 bits per heavy atom. The van der Waals surface area contributed by atoms with E-state index in [9.17, 15) is 0 Å². The fraction of sp³-hybridized carbons (Fsp3) is 0.750. The van der Waals surface area contributed by atoms with Crippen molar-refractivity contribution in [3.05, 3.63) is 11.0 Å². The fourth-order valence-corrected chi connectivity index (χ4v) is 3.51. The summed E-state index contributed by atoms with van der Waals surface area (Å²) in [5.74, 6) is 0.835. The predicted molar refractivity (Wildman–Crippen MR) is 76.6 cm³/mol. The second kappa shape index (κ2) is 6.12. The standard InChI is InChI=1S/C12H20ClN3S/c1-9-7-17-12(13)11(9)16(6-10-2-3-10)8-15-5-4-14/h7-8,10-12H,2-6,14H2,1H3. The van der Waals surface area contributed by atoms with E-state index in [0.29, 0.717) is 19.1 Å². The summed E-state index contributed by atoms with van der Waals surface area (Å²) in [6.07, 6.45) is 4.64. The fourth-order valence-electron chi connectivity index (χ4n) is 2.00. The first-order chi connectivity index (χ1) is 8.22. The minimum atomic E-state index is 0.109. The molecule has 1 saturated carbocycles. The monoisotopic (exact) mass is 273 g/mol. The minimum Gasteiger partial charge on any atom is -0.354 e. The molecule has 0 radical (unpaired) electrons. The van der Waals surface area contributed by atoms with Crippen LogP contribution in [0.1, 0.15) is 19.8 Å². The van der Waals surface area contributed by atoms with Gasteiger partial charge in [0, 0.05) is 13.1 Å². The Morgan fingerprint density at radius 3 is 2.94 bits per heavy atom. The van der Waals surface area contributed by atoms with Gasteiger partial charge in [0.1, 0.15) is 4.71 Å². The SMILES string of the molecule is CC1=CSC(Cl)C1N(C=NCCN)CC1CC1. The van der Waals surface area contributed by atoms with Gasteiger partial charge < -0.3 is 10.6 Å². The Morgan fingerprint density at radius 1 is 1.65 bits per heavy atom. The van der Waals surface area contributed by atoms with Crippen LogP contribution < -0.4 is 5.73 Å². The van der Waals surface area contributed by atoms with Gasteiger partial charge in [-0.25, -0.2) is 0 Å². The van der Waals surface area contributed by atoms with E-state index in [0.717, 1.165) is 12.5 Å². The zero-order valence-electron chi connectivity index (χ0n) is 10.2. The number of hydrogen-bond acceptors (Lipinski definition) is 3. The Bertz CT molecular complexity index is 315. The summed E-state index contributed by atoms with van der Waals surface area (Å²) >= 11 is 8.07. The predicted octanol–water partition coefficient (Wildman–Crippen LogP) is 2.27. The molecule has 1 fully saturated rings. The molecule has 0 saturated heterocycles. The lowest BCUT2D eigenvalue weighted by Gasteiger charge is -2.30. The molecular weight excluding hydrogens is 254 g/mol. The summed E-state index contributed by atoms with van der Waals surface area (Å²) in [7, 11) is 0. The van der Waals surface area contributed by atoms with Crippen LogP contribution in [0.25, 0.3) is 0 Å². The number of aliphatic imine (C=N–C) groups is 1. The molecule has 0 aromatic carbocycles. The van der Waals surface area contributed by atoms with Gasteiger partial charge in [-0.15, -0.1) is 23.4 Å². The first-order valence-corrected chi connectivity index (χ1v) is 7.52. The quantitative estimate of drug-likeness (QED) is 0.459. The van der Waals surface area contributed by atoms with Crippen LogP contribution in [0.3, 0.4) is 0 Å². The molecule has 0 amide bonds. The lowest BCUT2D eigenvalue weighted by atomic mass is 10.1. The highest BCUT2D eigenvalue weighted by Crippen LogP contribution is 2.38. The van der Waals surface area contributed by atoms with E-state index in [1.54, 1.807) is 11.8 Å². The lowest BCUT2D eigenvalue weighted by molar-refractivity contribution is 0.357. The highest BCUT2D eigenvalue weighted by Gasteiger charge is 2.34. The van der Waals surface area contributed by atoms with Crippen molar-refractivity contribution in [2.75, 3.05) is 19.6 Å².